The quantitative estimate of drug-likeness (QED) is 0.651. The number of hydrogen-bond acceptors (Lipinski definition) is 2. The lowest BCUT2D eigenvalue weighted by Gasteiger charge is -2.13. The van der Waals surface area contributed by atoms with Crippen molar-refractivity contribution in [1.29, 1.82) is 0 Å². The molecule has 0 aliphatic heterocycles. The molecule has 0 unspecified atom stereocenters. The Hall–Kier alpha value is -1.83. The monoisotopic (exact) mass is 198 g/mol. The van der Waals surface area contributed by atoms with Crippen LogP contribution in [-0.2, 0) is 6.42 Å². The van der Waals surface area contributed by atoms with E-state index in [2.05, 4.69) is 0 Å². The van der Waals surface area contributed by atoms with E-state index in [4.69, 9.17) is 4.42 Å². The fraction of sp³-hybridized carbons (Fsp3) is 0.154. The van der Waals surface area contributed by atoms with Gasteiger partial charge < -0.3 is 4.42 Å². The van der Waals surface area contributed by atoms with Crippen molar-refractivity contribution in [3.63, 3.8) is 0 Å². The first kappa shape index (κ1) is 8.48. The number of benzene rings is 1. The third-order valence-corrected chi connectivity index (χ3v) is 2.91. The normalized spacial score (nSPS) is 13.5. The zero-order valence-electron chi connectivity index (χ0n) is 8.41. The molecular weight excluding hydrogens is 188 g/mol. The number of carbonyl (C=O) groups excluding carboxylic acids is 1. The molecule has 0 atom stereocenters. The summed E-state index contributed by atoms with van der Waals surface area (Å²) in [7, 11) is 0. The first-order chi connectivity index (χ1) is 7.27. The largest absolute Gasteiger partial charge is 0.464 e. The molecule has 0 bridgehead atoms. The van der Waals surface area contributed by atoms with Gasteiger partial charge in [-0.15, -0.1) is 0 Å². The Labute approximate surface area is 87.5 Å². The van der Waals surface area contributed by atoms with Crippen LogP contribution < -0.4 is 0 Å². The van der Waals surface area contributed by atoms with Crippen molar-refractivity contribution >= 4 is 5.78 Å². The summed E-state index contributed by atoms with van der Waals surface area (Å²) in [5, 5.41) is 0. The predicted molar refractivity (Wildman–Crippen MR) is 56.9 cm³/mol. The zero-order chi connectivity index (χ0) is 10.4. The number of fused-ring (bicyclic) bond motifs is 3. The number of furan rings is 1. The Morgan fingerprint density at radius 3 is 2.73 bits per heavy atom. The first-order valence-corrected chi connectivity index (χ1v) is 4.97. The van der Waals surface area contributed by atoms with Crippen LogP contribution in [0.25, 0.3) is 11.3 Å². The first-order valence-electron chi connectivity index (χ1n) is 4.97. The van der Waals surface area contributed by atoms with Gasteiger partial charge in [-0.3, -0.25) is 4.79 Å². The number of rotatable bonds is 0. The van der Waals surface area contributed by atoms with E-state index in [0.29, 0.717) is 6.42 Å². The molecule has 1 heterocycles. The average molecular weight is 198 g/mol. The number of carbonyl (C=O) groups is 1. The molecule has 3 rings (SSSR count). The van der Waals surface area contributed by atoms with E-state index in [1.165, 1.54) is 0 Å². The van der Waals surface area contributed by atoms with Gasteiger partial charge in [0.15, 0.2) is 5.78 Å². The summed E-state index contributed by atoms with van der Waals surface area (Å²) in [6, 6.07) is 7.61. The Balaban J connectivity index is 2.35. The van der Waals surface area contributed by atoms with E-state index in [0.717, 1.165) is 28.0 Å². The van der Waals surface area contributed by atoms with Gasteiger partial charge in [-0.25, -0.2) is 0 Å². The highest BCUT2D eigenvalue weighted by molar-refractivity contribution is 6.06. The van der Waals surface area contributed by atoms with E-state index < -0.39 is 0 Å². The van der Waals surface area contributed by atoms with Gasteiger partial charge in [-0.05, 0) is 12.5 Å². The van der Waals surface area contributed by atoms with Gasteiger partial charge in [0, 0.05) is 23.1 Å². The number of hydrogen-bond donors (Lipinski definition) is 0. The Morgan fingerprint density at radius 1 is 1.20 bits per heavy atom. The SMILES string of the molecule is Cc1coc2c1CC(=O)c1ccccc1-2. The summed E-state index contributed by atoms with van der Waals surface area (Å²) in [6.07, 6.45) is 2.19. The molecule has 0 spiro atoms. The Bertz CT molecular complexity index is 549. The van der Waals surface area contributed by atoms with Crippen molar-refractivity contribution in [2.24, 2.45) is 0 Å². The van der Waals surface area contributed by atoms with E-state index in [9.17, 15) is 4.79 Å². The topological polar surface area (TPSA) is 30.2 Å². The van der Waals surface area contributed by atoms with Gasteiger partial charge in [-0.1, -0.05) is 24.3 Å². The lowest BCUT2D eigenvalue weighted by atomic mass is 9.88. The summed E-state index contributed by atoms with van der Waals surface area (Å²) in [6.45, 7) is 1.98. The van der Waals surface area contributed by atoms with Crippen molar-refractivity contribution in [1.82, 2.24) is 0 Å². The maximum absolute atomic E-state index is 11.9. The third kappa shape index (κ3) is 1.08. The summed E-state index contributed by atoms with van der Waals surface area (Å²) in [4.78, 5) is 11.9. The van der Waals surface area contributed by atoms with E-state index in [1.807, 2.05) is 31.2 Å². The minimum atomic E-state index is 0.183. The van der Waals surface area contributed by atoms with Gasteiger partial charge in [0.2, 0.25) is 0 Å². The summed E-state index contributed by atoms with van der Waals surface area (Å²) in [5.74, 6) is 1.05. The maximum atomic E-state index is 11.9. The molecule has 0 saturated carbocycles. The molecule has 1 aromatic heterocycles. The number of Topliss-reactive ketones (excluding diaryl/α,β-unsaturated/α-hetero) is 1. The molecular formula is C13H10O2. The molecule has 0 radical (unpaired) electrons. The van der Waals surface area contributed by atoms with E-state index in [1.54, 1.807) is 6.26 Å². The maximum Gasteiger partial charge on any atom is 0.168 e. The van der Waals surface area contributed by atoms with Crippen molar-refractivity contribution in [3.05, 3.63) is 47.2 Å². The molecule has 0 amide bonds. The Morgan fingerprint density at radius 2 is 1.93 bits per heavy atom. The molecule has 15 heavy (non-hydrogen) atoms. The smallest absolute Gasteiger partial charge is 0.168 e. The highest BCUT2D eigenvalue weighted by Crippen LogP contribution is 2.35. The highest BCUT2D eigenvalue weighted by atomic mass is 16.3. The van der Waals surface area contributed by atoms with Crippen molar-refractivity contribution in [2.45, 2.75) is 13.3 Å². The van der Waals surface area contributed by atoms with Crippen LogP contribution in [0.1, 0.15) is 21.5 Å². The van der Waals surface area contributed by atoms with Crippen LogP contribution >= 0.6 is 0 Å². The van der Waals surface area contributed by atoms with Crippen molar-refractivity contribution < 1.29 is 9.21 Å². The molecule has 0 N–H and O–H groups in total. The second-order valence-electron chi connectivity index (χ2n) is 3.87. The second-order valence-corrected chi connectivity index (χ2v) is 3.87. The minimum Gasteiger partial charge on any atom is -0.464 e. The van der Waals surface area contributed by atoms with Crippen LogP contribution in [0.2, 0.25) is 0 Å². The fourth-order valence-corrected chi connectivity index (χ4v) is 2.09. The Kier molecular flexibility index (Phi) is 1.60. The van der Waals surface area contributed by atoms with Crippen LogP contribution in [0.4, 0.5) is 0 Å². The summed E-state index contributed by atoms with van der Waals surface area (Å²) >= 11 is 0. The van der Waals surface area contributed by atoms with E-state index in [-0.39, 0.29) is 5.78 Å². The molecule has 1 aliphatic rings. The van der Waals surface area contributed by atoms with Crippen molar-refractivity contribution in [3.8, 4) is 11.3 Å². The molecule has 2 aromatic rings. The van der Waals surface area contributed by atoms with Crippen LogP contribution in [-0.4, -0.2) is 5.78 Å². The standard InChI is InChI=1S/C13H10O2/c1-8-7-15-13-10-5-3-2-4-9(10)12(14)6-11(8)13/h2-5,7H,6H2,1H3. The predicted octanol–water partition coefficient (Wildman–Crippen LogP) is 2.99. The average Bonchev–Trinajstić information content (AvgIpc) is 2.62. The van der Waals surface area contributed by atoms with Crippen LogP contribution in [0.5, 0.6) is 0 Å². The lowest BCUT2D eigenvalue weighted by molar-refractivity contribution is 0.0991. The molecule has 74 valence electrons. The van der Waals surface area contributed by atoms with Gasteiger partial charge in [0.25, 0.3) is 0 Å². The zero-order valence-corrected chi connectivity index (χ0v) is 8.41. The fourth-order valence-electron chi connectivity index (χ4n) is 2.09. The summed E-state index contributed by atoms with van der Waals surface area (Å²) < 4.78 is 5.51. The summed E-state index contributed by atoms with van der Waals surface area (Å²) in [5.41, 5.74) is 3.81. The van der Waals surface area contributed by atoms with Gasteiger partial charge in [0.05, 0.1) is 6.26 Å². The van der Waals surface area contributed by atoms with Gasteiger partial charge in [-0.2, -0.15) is 0 Å². The second kappa shape index (κ2) is 2.83. The molecule has 1 aromatic carbocycles. The number of ketones is 1. The van der Waals surface area contributed by atoms with Gasteiger partial charge >= 0.3 is 0 Å². The molecule has 2 nitrogen and oxygen atoms in total. The molecule has 2 heteroatoms. The molecule has 0 saturated heterocycles. The number of aryl methyl sites for hydroxylation is 1. The van der Waals surface area contributed by atoms with Crippen LogP contribution in [0.3, 0.4) is 0 Å². The van der Waals surface area contributed by atoms with Gasteiger partial charge in [0.1, 0.15) is 5.76 Å². The van der Waals surface area contributed by atoms with Crippen LogP contribution in [0, 0.1) is 6.92 Å². The van der Waals surface area contributed by atoms with Crippen molar-refractivity contribution in [2.75, 3.05) is 0 Å². The molecule has 0 fully saturated rings. The van der Waals surface area contributed by atoms with Crippen LogP contribution in [0.15, 0.2) is 34.9 Å². The van der Waals surface area contributed by atoms with E-state index >= 15 is 0 Å². The highest BCUT2D eigenvalue weighted by Gasteiger charge is 2.25. The molecule has 1 aliphatic carbocycles. The lowest BCUT2D eigenvalue weighted by Crippen LogP contribution is -2.11. The minimum absolute atomic E-state index is 0.183. The third-order valence-electron chi connectivity index (χ3n) is 2.91.